The average molecular weight is 364 g/mol. The molecule has 0 radical (unpaired) electrons. The summed E-state index contributed by atoms with van der Waals surface area (Å²) in [6.07, 6.45) is 8.16. The van der Waals surface area contributed by atoms with E-state index in [1.54, 1.807) is 24.2 Å². The molecule has 1 aliphatic heterocycles. The van der Waals surface area contributed by atoms with Crippen molar-refractivity contribution in [2.45, 2.75) is 18.9 Å². The number of rotatable bonds is 6. The molecule has 7 heteroatoms. The molecule has 1 aromatic heterocycles. The summed E-state index contributed by atoms with van der Waals surface area (Å²) in [5, 5.41) is 3.49. The topological polar surface area (TPSA) is 64.1 Å². The van der Waals surface area contributed by atoms with Gasteiger partial charge in [-0.05, 0) is 24.0 Å². The van der Waals surface area contributed by atoms with Gasteiger partial charge in [0.15, 0.2) is 0 Å². The Labute approximate surface area is 150 Å². The van der Waals surface area contributed by atoms with E-state index >= 15 is 0 Å². The molecule has 0 saturated carbocycles. The highest BCUT2D eigenvalue weighted by Gasteiger charge is 2.26. The van der Waals surface area contributed by atoms with Crippen LogP contribution in [-0.2, 0) is 11.2 Å². The third-order valence-electron chi connectivity index (χ3n) is 3.81. The lowest BCUT2D eigenvalue weighted by molar-refractivity contribution is -0.121. The Morgan fingerprint density at radius 1 is 1.38 bits per heavy atom. The predicted molar refractivity (Wildman–Crippen MR) is 96.6 cm³/mol. The van der Waals surface area contributed by atoms with Crippen molar-refractivity contribution in [3.63, 3.8) is 0 Å². The summed E-state index contributed by atoms with van der Waals surface area (Å²) >= 11 is 8.02. The fourth-order valence-electron chi connectivity index (χ4n) is 2.63. The highest BCUT2D eigenvalue weighted by Crippen LogP contribution is 2.39. The van der Waals surface area contributed by atoms with Crippen molar-refractivity contribution in [3.05, 3.63) is 41.4 Å². The Morgan fingerprint density at radius 3 is 2.92 bits per heavy atom. The van der Waals surface area contributed by atoms with Gasteiger partial charge in [0.2, 0.25) is 5.91 Å². The molecule has 2 aromatic rings. The van der Waals surface area contributed by atoms with Crippen molar-refractivity contribution in [2.24, 2.45) is 0 Å². The van der Waals surface area contributed by atoms with E-state index in [2.05, 4.69) is 21.4 Å². The first-order valence-electron chi connectivity index (χ1n) is 7.67. The van der Waals surface area contributed by atoms with Gasteiger partial charge in [-0.15, -0.1) is 0 Å². The number of hydrogen-bond donors (Lipinski definition) is 1. The number of thioether (sulfide) groups is 1. The van der Waals surface area contributed by atoms with E-state index in [-0.39, 0.29) is 12.0 Å². The third-order valence-corrected chi connectivity index (χ3v) is 4.70. The molecule has 0 aliphatic carbocycles. The molecule has 2 heterocycles. The molecule has 126 valence electrons. The van der Waals surface area contributed by atoms with Gasteiger partial charge in [0.25, 0.3) is 0 Å². The maximum absolute atomic E-state index is 11.7. The molecule has 1 amide bonds. The summed E-state index contributed by atoms with van der Waals surface area (Å²) in [4.78, 5) is 19.8. The van der Waals surface area contributed by atoms with Crippen LogP contribution >= 0.6 is 23.4 Å². The molecule has 0 spiro atoms. The van der Waals surface area contributed by atoms with Gasteiger partial charge >= 0.3 is 0 Å². The second-order valence-corrected chi connectivity index (χ2v) is 6.96. The second-order valence-electron chi connectivity index (χ2n) is 5.56. The highest BCUT2D eigenvalue weighted by atomic mass is 35.5. The van der Waals surface area contributed by atoms with Crippen LogP contribution in [0.15, 0.2) is 30.9 Å². The van der Waals surface area contributed by atoms with Crippen molar-refractivity contribution < 1.29 is 9.53 Å². The lowest BCUT2D eigenvalue weighted by atomic mass is 10.0. The summed E-state index contributed by atoms with van der Waals surface area (Å²) in [7, 11) is 0. The van der Waals surface area contributed by atoms with E-state index in [9.17, 15) is 4.79 Å². The summed E-state index contributed by atoms with van der Waals surface area (Å²) in [5.41, 5.74) is 2.92. The average Bonchev–Trinajstić information content (AvgIpc) is 3.02. The van der Waals surface area contributed by atoms with Gasteiger partial charge in [-0.2, -0.15) is 11.8 Å². The van der Waals surface area contributed by atoms with Gasteiger partial charge in [0.05, 0.1) is 11.6 Å². The number of benzene rings is 1. The number of carbonyl (C=O) groups is 1. The monoisotopic (exact) mass is 363 g/mol. The Morgan fingerprint density at radius 2 is 2.17 bits per heavy atom. The Bertz CT molecular complexity index is 727. The van der Waals surface area contributed by atoms with Crippen LogP contribution in [-0.4, -0.2) is 40.5 Å². The number of halogens is 1. The smallest absolute Gasteiger partial charge is 0.220 e. The Balaban J connectivity index is 1.67. The second kappa shape index (κ2) is 7.85. The normalized spacial score (nSPS) is 15.7. The molecule has 1 N–H and O–H groups in total. The van der Waals surface area contributed by atoms with Gasteiger partial charge in [-0.1, -0.05) is 11.6 Å². The quantitative estimate of drug-likeness (QED) is 0.854. The van der Waals surface area contributed by atoms with Crippen molar-refractivity contribution in [2.75, 3.05) is 18.6 Å². The van der Waals surface area contributed by atoms with Gasteiger partial charge in [-0.25, -0.2) is 9.97 Å². The third kappa shape index (κ3) is 3.99. The van der Waals surface area contributed by atoms with Gasteiger partial charge in [0.1, 0.15) is 18.2 Å². The number of ether oxygens (including phenoxy) is 1. The summed E-state index contributed by atoms with van der Waals surface area (Å²) < 4.78 is 5.90. The van der Waals surface area contributed by atoms with E-state index in [4.69, 9.17) is 16.3 Å². The van der Waals surface area contributed by atoms with Crippen LogP contribution in [0.3, 0.4) is 0 Å². The maximum atomic E-state index is 11.7. The van der Waals surface area contributed by atoms with Crippen LogP contribution in [0, 0.1) is 0 Å². The molecule has 1 atom stereocenters. The minimum absolute atomic E-state index is 0.0529. The van der Waals surface area contributed by atoms with E-state index in [0.29, 0.717) is 23.7 Å². The molecular weight excluding hydrogens is 346 g/mol. The van der Waals surface area contributed by atoms with E-state index < -0.39 is 0 Å². The van der Waals surface area contributed by atoms with Gasteiger partial charge in [-0.3, -0.25) is 4.79 Å². The molecule has 0 bridgehead atoms. The Hall–Kier alpha value is -1.79. The zero-order chi connectivity index (χ0) is 16.9. The molecule has 5 nitrogen and oxygen atoms in total. The van der Waals surface area contributed by atoms with Crippen LogP contribution in [0.25, 0.3) is 11.1 Å². The largest absolute Gasteiger partial charge is 0.486 e. The first-order valence-corrected chi connectivity index (χ1v) is 9.44. The van der Waals surface area contributed by atoms with Crippen molar-refractivity contribution in [3.8, 4) is 16.9 Å². The first kappa shape index (κ1) is 17.0. The molecular formula is C17H18ClN3O2S. The number of aromatic nitrogens is 2. The fourth-order valence-corrected chi connectivity index (χ4v) is 3.30. The van der Waals surface area contributed by atoms with Crippen LogP contribution in [0.5, 0.6) is 5.75 Å². The summed E-state index contributed by atoms with van der Waals surface area (Å²) in [6, 6.07) is 3.91. The van der Waals surface area contributed by atoms with Crippen LogP contribution in [0.4, 0.5) is 0 Å². The minimum atomic E-state index is -0.0852. The zero-order valence-electron chi connectivity index (χ0n) is 13.3. The summed E-state index contributed by atoms with van der Waals surface area (Å²) in [5.74, 6) is 1.59. The lowest BCUT2D eigenvalue weighted by Gasteiger charge is -2.12. The first-order chi connectivity index (χ1) is 11.7. The minimum Gasteiger partial charge on any atom is -0.486 e. The van der Waals surface area contributed by atoms with Gasteiger partial charge in [0, 0.05) is 42.1 Å². The van der Waals surface area contributed by atoms with E-state index in [1.807, 2.05) is 12.3 Å². The van der Waals surface area contributed by atoms with E-state index in [0.717, 1.165) is 28.9 Å². The van der Waals surface area contributed by atoms with E-state index in [1.165, 1.54) is 6.33 Å². The molecule has 24 heavy (non-hydrogen) atoms. The number of nitrogens with one attached hydrogen (secondary N) is 1. The van der Waals surface area contributed by atoms with Crippen LogP contribution in [0.1, 0.15) is 12.0 Å². The maximum Gasteiger partial charge on any atom is 0.220 e. The van der Waals surface area contributed by atoms with Gasteiger partial charge < -0.3 is 10.1 Å². The van der Waals surface area contributed by atoms with Crippen molar-refractivity contribution in [1.29, 1.82) is 0 Å². The molecule has 3 rings (SSSR count). The molecule has 1 unspecified atom stereocenters. The molecule has 1 aromatic carbocycles. The van der Waals surface area contributed by atoms with Crippen LogP contribution < -0.4 is 10.1 Å². The highest BCUT2D eigenvalue weighted by molar-refractivity contribution is 7.98. The molecule has 0 saturated heterocycles. The Kier molecular flexibility index (Phi) is 5.58. The van der Waals surface area contributed by atoms with Crippen LogP contribution in [0.2, 0.25) is 5.02 Å². The number of hydrogen-bond acceptors (Lipinski definition) is 5. The molecule has 1 aliphatic rings. The predicted octanol–water partition coefficient (Wildman–Crippen LogP) is 2.97. The zero-order valence-corrected chi connectivity index (χ0v) is 14.9. The number of nitrogens with zero attached hydrogens (tertiary/aromatic N) is 2. The standard InChI is InChI=1S/C17H18ClN3O2S/c1-24-3-2-16(22)21-9-14-5-12-4-11(6-15(18)17(12)23-14)13-7-19-10-20-8-13/h4,6-8,10,14H,2-3,5,9H2,1H3,(H,21,22). The number of amides is 1. The number of fused-ring (bicyclic) bond motifs is 1. The summed E-state index contributed by atoms with van der Waals surface area (Å²) in [6.45, 7) is 0.488. The molecule has 0 fully saturated rings. The SMILES string of the molecule is CSCCC(=O)NCC1Cc2cc(-c3cncnc3)cc(Cl)c2O1. The van der Waals surface area contributed by atoms with Crippen molar-refractivity contribution >= 4 is 29.3 Å². The number of carbonyl (C=O) groups excluding carboxylic acids is 1. The van der Waals surface area contributed by atoms with Crippen molar-refractivity contribution in [1.82, 2.24) is 15.3 Å². The fraction of sp³-hybridized carbons (Fsp3) is 0.353. The lowest BCUT2D eigenvalue weighted by Crippen LogP contribution is -2.34.